The van der Waals surface area contributed by atoms with E-state index in [1.54, 1.807) is 0 Å². The molecule has 0 saturated carbocycles. The van der Waals surface area contributed by atoms with E-state index in [0.717, 1.165) is 44.9 Å². The van der Waals surface area contributed by atoms with Gasteiger partial charge in [-0.15, -0.1) is 0 Å². The van der Waals surface area contributed by atoms with Gasteiger partial charge in [-0.1, -0.05) is 57.8 Å². The van der Waals surface area contributed by atoms with Crippen molar-refractivity contribution in [1.29, 1.82) is 0 Å². The Hall–Kier alpha value is 0.230. The number of aliphatic hydroxyl groups is 6. The van der Waals surface area contributed by atoms with Crippen LogP contribution in [-0.2, 0) is 4.79 Å². The average Bonchev–Trinajstić information content (AvgIpc) is 2.63. The Bertz CT molecular complexity index is 364. The summed E-state index contributed by atoms with van der Waals surface area (Å²) in [6.07, 6.45) is 1.12. The summed E-state index contributed by atoms with van der Waals surface area (Å²) in [5.41, 5.74) is 0. The predicted molar refractivity (Wildman–Crippen MR) is 96.7 cm³/mol. The summed E-state index contributed by atoms with van der Waals surface area (Å²) < 4.78 is 0. The van der Waals surface area contributed by atoms with E-state index in [9.17, 15) is 25.2 Å². The van der Waals surface area contributed by atoms with Crippen LogP contribution in [0.1, 0.15) is 72.1 Å². The van der Waals surface area contributed by atoms with Crippen molar-refractivity contribution in [2.75, 3.05) is 6.61 Å². The molecule has 158 valence electrons. The number of carboxylic acids is 1. The molecule has 0 aliphatic rings. The molecule has 0 saturated heterocycles. The van der Waals surface area contributed by atoms with E-state index in [0.29, 0.717) is 6.42 Å². The second kappa shape index (κ2) is 18.3. The molecular weight excluding hydrogens is 367 g/mol. The third kappa shape index (κ3) is 13.9. The smallest absolute Gasteiger partial charge is 1.00 e. The van der Waals surface area contributed by atoms with E-state index in [-0.39, 0.29) is 44.0 Å². The third-order valence-electron chi connectivity index (χ3n) is 4.58. The Morgan fingerprint density at radius 1 is 0.667 bits per heavy atom. The molecule has 0 aromatic carbocycles. The molecule has 0 amide bonds. The van der Waals surface area contributed by atoms with Gasteiger partial charge >= 0.3 is 35.5 Å². The number of hydrogen-bond acceptors (Lipinski definition) is 7. The molecule has 0 fully saturated rings. The third-order valence-corrected chi connectivity index (χ3v) is 4.58. The number of carbonyl (C=O) groups is 1. The van der Waals surface area contributed by atoms with Crippen LogP contribution >= 0.6 is 0 Å². The fourth-order valence-corrected chi connectivity index (χ4v) is 2.81. The van der Waals surface area contributed by atoms with Gasteiger partial charge in [0.05, 0.1) is 6.10 Å². The first kappa shape index (κ1) is 29.4. The van der Waals surface area contributed by atoms with Crippen molar-refractivity contribution >= 4 is 5.97 Å². The van der Waals surface area contributed by atoms with Crippen LogP contribution in [0.5, 0.6) is 0 Å². The second-order valence-corrected chi connectivity index (χ2v) is 6.87. The Kier molecular flexibility index (Phi) is 19.9. The fraction of sp³-hybridized carbons (Fsp3) is 0.944. The van der Waals surface area contributed by atoms with Gasteiger partial charge in [-0.3, -0.25) is 0 Å². The predicted octanol–water partition coefficient (Wildman–Crippen LogP) is -2.72. The molecule has 7 N–H and O–H groups in total. The summed E-state index contributed by atoms with van der Waals surface area (Å²) >= 11 is 0. The minimum atomic E-state index is -2.23. The molecule has 0 aliphatic carbocycles. The minimum Gasteiger partial charge on any atom is -1.00 e. The first-order chi connectivity index (χ1) is 12.3. The molecule has 5 unspecified atom stereocenters. The van der Waals surface area contributed by atoms with Gasteiger partial charge in [-0.25, -0.2) is 4.79 Å². The van der Waals surface area contributed by atoms with E-state index in [1.165, 1.54) is 12.8 Å². The molecule has 0 radical (unpaired) electrons. The molecule has 0 bridgehead atoms. The molecular formula is C18H37NaO8. The Balaban J connectivity index is -0.00000312. The second-order valence-electron chi connectivity index (χ2n) is 6.87. The summed E-state index contributed by atoms with van der Waals surface area (Å²) in [4.78, 5) is 10.5. The zero-order valence-corrected chi connectivity index (χ0v) is 18.4. The first-order valence-corrected chi connectivity index (χ1v) is 9.57. The van der Waals surface area contributed by atoms with E-state index >= 15 is 0 Å². The zero-order chi connectivity index (χ0) is 19.9. The molecule has 27 heavy (non-hydrogen) atoms. The molecule has 0 rings (SSSR count). The maximum Gasteiger partial charge on any atom is 1.00 e. The van der Waals surface area contributed by atoms with Crippen LogP contribution in [0.15, 0.2) is 0 Å². The molecule has 9 heteroatoms. The summed E-state index contributed by atoms with van der Waals surface area (Å²) in [7, 11) is 0. The van der Waals surface area contributed by atoms with Crippen molar-refractivity contribution in [3.8, 4) is 0 Å². The van der Waals surface area contributed by atoms with Crippen molar-refractivity contribution in [3.05, 3.63) is 0 Å². The van der Waals surface area contributed by atoms with E-state index in [2.05, 4.69) is 0 Å². The largest absolute Gasteiger partial charge is 1.00 e. The van der Waals surface area contributed by atoms with Gasteiger partial charge in [0.25, 0.3) is 0 Å². The number of carboxylic acid groups (broad SMARTS) is 1. The maximum absolute atomic E-state index is 10.5. The first-order valence-electron chi connectivity index (χ1n) is 9.57. The van der Waals surface area contributed by atoms with Gasteiger partial charge in [0.2, 0.25) is 0 Å². The molecule has 0 aromatic heterocycles. The van der Waals surface area contributed by atoms with E-state index in [4.69, 9.17) is 15.3 Å². The van der Waals surface area contributed by atoms with Crippen LogP contribution in [0.3, 0.4) is 0 Å². The SMILES string of the molecule is O=C(O)C(O)C(O)C(O)C(O)C(O)CCCCCCCCCCCCO.[H-].[Na+]. The van der Waals surface area contributed by atoms with Crippen LogP contribution < -0.4 is 29.6 Å². The van der Waals surface area contributed by atoms with Gasteiger partial charge in [0, 0.05) is 6.61 Å². The number of rotatable bonds is 17. The molecule has 0 heterocycles. The molecule has 0 aliphatic heterocycles. The summed E-state index contributed by atoms with van der Waals surface area (Å²) in [5, 5.41) is 65.1. The Labute approximate surface area is 185 Å². The number of hydrogen-bond donors (Lipinski definition) is 7. The number of aliphatic carboxylic acids is 1. The summed E-state index contributed by atoms with van der Waals surface area (Å²) in [6, 6.07) is 0. The normalized spacial score (nSPS) is 16.8. The van der Waals surface area contributed by atoms with Crippen molar-refractivity contribution in [1.82, 2.24) is 0 Å². The number of aliphatic hydroxyl groups excluding tert-OH is 6. The van der Waals surface area contributed by atoms with Gasteiger partial charge in [-0.05, 0) is 12.8 Å². The van der Waals surface area contributed by atoms with Gasteiger partial charge in [-0.2, -0.15) is 0 Å². The monoisotopic (exact) mass is 404 g/mol. The Morgan fingerprint density at radius 3 is 1.48 bits per heavy atom. The quantitative estimate of drug-likeness (QED) is 0.102. The minimum absolute atomic E-state index is 0. The number of unbranched alkanes of at least 4 members (excludes halogenated alkanes) is 9. The van der Waals surface area contributed by atoms with Crippen LogP contribution in [-0.4, -0.2) is 78.8 Å². The Morgan fingerprint density at radius 2 is 1.07 bits per heavy atom. The van der Waals surface area contributed by atoms with Gasteiger partial charge in [0.15, 0.2) is 6.10 Å². The van der Waals surface area contributed by atoms with Crippen LogP contribution in [0, 0.1) is 0 Å². The van der Waals surface area contributed by atoms with E-state index < -0.39 is 36.5 Å². The molecule has 5 atom stereocenters. The van der Waals surface area contributed by atoms with Crippen molar-refractivity contribution in [2.24, 2.45) is 0 Å². The zero-order valence-electron chi connectivity index (χ0n) is 17.4. The molecule has 0 spiro atoms. The molecule has 0 aromatic rings. The van der Waals surface area contributed by atoms with Crippen molar-refractivity contribution in [2.45, 2.75) is 101 Å². The van der Waals surface area contributed by atoms with Gasteiger partial charge in [0.1, 0.15) is 18.3 Å². The molecule has 8 nitrogen and oxygen atoms in total. The van der Waals surface area contributed by atoms with Crippen LogP contribution in [0.2, 0.25) is 0 Å². The fourth-order valence-electron chi connectivity index (χ4n) is 2.81. The topological polar surface area (TPSA) is 159 Å². The van der Waals surface area contributed by atoms with E-state index in [1.807, 2.05) is 0 Å². The van der Waals surface area contributed by atoms with Crippen LogP contribution in [0.25, 0.3) is 0 Å². The average molecular weight is 404 g/mol. The van der Waals surface area contributed by atoms with Crippen molar-refractivity contribution < 1.29 is 71.5 Å². The van der Waals surface area contributed by atoms with Crippen LogP contribution in [0.4, 0.5) is 0 Å². The van der Waals surface area contributed by atoms with Crippen molar-refractivity contribution in [3.63, 3.8) is 0 Å². The standard InChI is InChI=1S/C18H36O8.Na.H/c19-12-10-8-6-4-2-1-3-5-7-9-11-13(20)14(21)15(22)16(23)17(24)18(25)26;;/h13-17,19-24H,1-12H2,(H,25,26);;/q;+1;-1. The summed E-state index contributed by atoms with van der Waals surface area (Å²) in [6.45, 7) is 0.261. The summed E-state index contributed by atoms with van der Waals surface area (Å²) in [5.74, 6) is -1.72. The van der Waals surface area contributed by atoms with Gasteiger partial charge < -0.3 is 37.2 Å². The maximum atomic E-state index is 10.5.